The summed E-state index contributed by atoms with van der Waals surface area (Å²) in [6, 6.07) is 2.99. The third-order valence-electron chi connectivity index (χ3n) is 1.68. The molecule has 1 unspecified atom stereocenters. The van der Waals surface area contributed by atoms with Crippen molar-refractivity contribution in [2.24, 2.45) is 5.73 Å². The Morgan fingerprint density at radius 3 is 2.60 bits per heavy atom. The second kappa shape index (κ2) is 4.79. The molecular formula is C9H10N2O3S. The third kappa shape index (κ3) is 3.25. The highest BCUT2D eigenvalue weighted by Gasteiger charge is 2.11. The zero-order chi connectivity index (χ0) is 11.4. The van der Waals surface area contributed by atoms with E-state index in [0.29, 0.717) is 5.03 Å². The van der Waals surface area contributed by atoms with E-state index in [2.05, 4.69) is 4.98 Å². The van der Waals surface area contributed by atoms with E-state index in [1.807, 2.05) is 0 Å². The molecule has 0 radical (unpaired) electrons. The van der Waals surface area contributed by atoms with Crippen LogP contribution in [-0.2, 0) is 4.79 Å². The van der Waals surface area contributed by atoms with Crippen molar-refractivity contribution in [3.05, 3.63) is 23.9 Å². The smallest absolute Gasteiger partial charge is 0.337 e. The van der Waals surface area contributed by atoms with E-state index in [0.717, 1.165) is 0 Å². The van der Waals surface area contributed by atoms with Gasteiger partial charge < -0.3 is 10.8 Å². The molecule has 1 rings (SSSR count). The van der Waals surface area contributed by atoms with E-state index in [-0.39, 0.29) is 10.8 Å². The normalized spacial score (nSPS) is 12.1. The zero-order valence-corrected chi connectivity index (χ0v) is 8.82. The molecule has 0 bridgehead atoms. The Hall–Kier alpha value is -1.56. The van der Waals surface area contributed by atoms with Gasteiger partial charge in [-0.05, 0) is 19.1 Å². The number of carbonyl (C=O) groups is 2. The molecule has 5 nitrogen and oxygen atoms in total. The van der Waals surface area contributed by atoms with Gasteiger partial charge in [-0.25, -0.2) is 9.78 Å². The number of nitrogens with zero attached hydrogens (tertiary/aromatic N) is 1. The van der Waals surface area contributed by atoms with E-state index in [9.17, 15) is 9.59 Å². The number of primary amides is 1. The Morgan fingerprint density at radius 1 is 1.53 bits per heavy atom. The molecule has 1 amide bonds. The minimum Gasteiger partial charge on any atom is -0.478 e. The van der Waals surface area contributed by atoms with Gasteiger partial charge in [-0.15, -0.1) is 0 Å². The minimum absolute atomic E-state index is 0.117. The number of carbonyl (C=O) groups excluding carboxylic acids is 1. The van der Waals surface area contributed by atoms with Crippen molar-refractivity contribution in [1.29, 1.82) is 0 Å². The summed E-state index contributed by atoms with van der Waals surface area (Å²) in [7, 11) is 0. The molecule has 0 saturated heterocycles. The first-order chi connectivity index (χ1) is 7.00. The summed E-state index contributed by atoms with van der Waals surface area (Å²) in [5.74, 6) is -1.45. The van der Waals surface area contributed by atoms with Crippen molar-refractivity contribution in [3.8, 4) is 0 Å². The Kier molecular flexibility index (Phi) is 3.68. The Morgan fingerprint density at radius 2 is 2.20 bits per heavy atom. The molecule has 0 saturated carbocycles. The average molecular weight is 226 g/mol. The van der Waals surface area contributed by atoms with Crippen LogP contribution in [-0.4, -0.2) is 27.2 Å². The second-order valence-electron chi connectivity index (χ2n) is 2.85. The van der Waals surface area contributed by atoms with E-state index >= 15 is 0 Å². The van der Waals surface area contributed by atoms with Crippen molar-refractivity contribution in [2.45, 2.75) is 17.2 Å². The van der Waals surface area contributed by atoms with E-state index in [1.165, 1.54) is 24.0 Å². The molecule has 0 fully saturated rings. The summed E-state index contributed by atoms with van der Waals surface area (Å²) in [5, 5.41) is 8.82. The topological polar surface area (TPSA) is 93.3 Å². The van der Waals surface area contributed by atoms with Crippen molar-refractivity contribution < 1.29 is 14.7 Å². The standard InChI is InChI=1S/C9H10N2O3S/c1-5(8(10)12)15-7-3-2-6(4-11-7)9(13)14/h2-5H,1H3,(H2,10,12)(H,13,14). The van der Waals surface area contributed by atoms with Crippen molar-refractivity contribution in [2.75, 3.05) is 0 Å². The Bertz CT molecular complexity index is 377. The van der Waals surface area contributed by atoms with Crippen molar-refractivity contribution in [3.63, 3.8) is 0 Å². The second-order valence-corrected chi connectivity index (χ2v) is 4.21. The fourth-order valence-electron chi connectivity index (χ4n) is 0.816. The lowest BCUT2D eigenvalue weighted by atomic mass is 10.3. The van der Waals surface area contributed by atoms with Crippen LogP contribution in [0, 0.1) is 0 Å². The van der Waals surface area contributed by atoms with Gasteiger partial charge in [0.2, 0.25) is 5.91 Å². The average Bonchev–Trinajstić information content (AvgIpc) is 2.18. The van der Waals surface area contributed by atoms with Gasteiger partial charge in [0.1, 0.15) is 0 Å². The maximum atomic E-state index is 10.8. The van der Waals surface area contributed by atoms with Gasteiger partial charge in [-0.2, -0.15) is 0 Å². The van der Waals surface area contributed by atoms with Gasteiger partial charge in [0.05, 0.1) is 15.8 Å². The molecule has 3 N–H and O–H groups in total. The third-order valence-corrected chi connectivity index (χ3v) is 2.75. The number of hydrogen-bond acceptors (Lipinski definition) is 4. The number of carboxylic acids is 1. The molecule has 0 spiro atoms. The van der Waals surface area contributed by atoms with Gasteiger partial charge in [-0.1, -0.05) is 11.8 Å². The molecule has 1 aromatic rings. The Labute approximate surface area is 90.7 Å². The van der Waals surface area contributed by atoms with Crippen LogP contribution in [0.2, 0.25) is 0 Å². The first-order valence-corrected chi connectivity index (χ1v) is 5.04. The highest BCUT2D eigenvalue weighted by Crippen LogP contribution is 2.20. The molecule has 0 aliphatic heterocycles. The predicted octanol–water partition coefficient (Wildman–Crippen LogP) is 0.746. The fraction of sp³-hybridized carbons (Fsp3) is 0.222. The molecule has 0 aromatic carbocycles. The van der Waals surface area contributed by atoms with Crippen LogP contribution in [0.25, 0.3) is 0 Å². The van der Waals surface area contributed by atoms with Gasteiger partial charge in [-0.3, -0.25) is 4.79 Å². The lowest BCUT2D eigenvalue weighted by molar-refractivity contribution is -0.117. The largest absolute Gasteiger partial charge is 0.478 e. The predicted molar refractivity (Wildman–Crippen MR) is 55.7 cm³/mol. The number of rotatable bonds is 4. The quantitative estimate of drug-likeness (QED) is 0.739. The van der Waals surface area contributed by atoms with Gasteiger partial charge in [0.15, 0.2) is 0 Å². The highest BCUT2D eigenvalue weighted by molar-refractivity contribution is 8.00. The monoisotopic (exact) mass is 226 g/mol. The molecule has 1 heterocycles. The van der Waals surface area contributed by atoms with Crippen molar-refractivity contribution >= 4 is 23.6 Å². The summed E-state index contributed by atoms with van der Waals surface area (Å²) in [6.45, 7) is 1.67. The first-order valence-electron chi connectivity index (χ1n) is 4.16. The van der Waals surface area contributed by atoms with E-state index < -0.39 is 11.9 Å². The number of aromatic carboxylic acids is 1. The van der Waals surface area contributed by atoms with Crippen molar-refractivity contribution in [1.82, 2.24) is 4.98 Å². The van der Waals surface area contributed by atoms with Crippen LogP contribution in [0.1, 0.15) is 17.3 Å². The molecule has 1 atom stereocenters. The number of nitrogens with two attached hydrogens (primary N) is 1. The molecule has 1 aromatic heterocycles. The lowest BCUT2D eigenvalue weighted by Crippen LogP contribution is -2.22. The number of aromatic nitrogens is 1. The maximum Gasteiger partial charge on any atom is 0.337 e. The maximum absolute atomic E-state index is 10.8. The molecule has 80 valence electrons. The highest BCUT2D eigenvalue weighted by atomic mass is 32.2. The molecule has 15 heavy (non-hydrogen) atoms. The first kappa shape index (κ1) is 11.5. The van der Waals surface area contributed by atoms with Crippen LogP contribution in [0.3, 0.4) is 0 Å². The van der Waals surface area contributed by atoms with Crippen LogP contribution < -0.4 is 5.73 Å². The van der Waals surface area contributed by atoms with Gasteiger partial charge >= 0.3 is 5.97 Å². The summed E-state index contributed by atoms with van der Waals surface area (Å²) >= 11 is 1.19. The van der Waals surface area contributed by atoms with Crippen LogP contribution >= 0.6 is 11.8 Å². The summed E-state index contributed by atoms with van der Waals surface area (Å²) in [5.41, 5.74) is 5.20. The summed E-state index contributed by atoms with van der Waals surface area (Å²) in [6.07, 6.45) is 1.25. The summed E-state index contributed by atoms with van der Waals surface area (Å²) in [4.78, 5) is 25.2. The number of pyridine rings is 1. The minimum atomic E-state index is -1.03. The number of carboxylic acid groups (broad SMARTS) is 1. The molecule has 6 heteroatoms. The molecule has 0 aliphatic carbocycles. The SMILES string of the molecule is CC(Sc1ccc(C(=O)O)cn1)C(N)=O. The van der Waals surface area contributed by atoms with Crippen LogP contribution in [0.4, 0.5) is 0 Å². The Balaban J connectivity index is 2.72. The van der Waals surface area contributed by atoms with Gasteiger partial charge in [0.25, 0.3) is 0 Å². The lowest BCUT2D eigenvalue weighted by Gasteiger charge is -2.05. The summed E-state index contributed by atoms with van der Waals surface area (Å²) < 4.78 is 0. The van der Waals surface area contributed by atoms with E-state index in [1.54, 1.807) is 13.0 Å². The zero-order valence-electron chi connectivity index (χ0n) is 8.01. The molecule has 0 aliphatic rings. The number of hydrogen-bond donors (Lipinski definition) is 2. The van der Waals surface area contributed by atoms with E-state index in [4.69, 9.17) is 10.8 Å². The van der Waals surface area contributed by atoms with Gasteiger partial charge in [0, 0.05) is 6.20 Å². The van der Waals surface area contributed by atoms with Crippen LogP contribution in [0.15, 0.2) is 23.4 Å². The number of thioether (sulfide) groups is 1. The van der Waals surface area contributed by atoms with Crippen LogP contribution in [0.5, 0.6) is 0 Å². The molecular weight excluding hydrogens is 216 g/mol. The number of amides is 1. The fourth-order valence-corrected chi connectivity index (χ4v) is 1.55.